The second-order valence-electron chi connectivity index (χ2n) is 14.3. The molecule has 2 aliphatic rings. The van der Waals surface area contributed by atoms with Crippen LogP contribution < -0.4 is 11.3 Å². The summed E-state index contributed by atoms with van der Waals surface area (Å²) in [6.07, 6.45) is 6.32. The quantitative estimate of drug-likeness (QED) is 0.194. The zero-order chi connectivity index (χ0) is 33.6. The zero-order valence-corrected chi connectivity index (χ0v) is 28.2. The Bertz CT molecular complexity index is 1980. The molecule has 1 saturated heterocycles. The van der Waals surface area contributed by atoms with Crippen molar-refractivity contribution in [2.75, 3.05) is 19.6 Å². The summed E-state index contributed by atoms with van der Waals surface area (Å²) in [6.45, 7) is 9.77. The minimum atomic E-state index is -0.801. The van der Waals surface area contributed by atoms with Crippen LogP contribution in [-0.4, -0.2) is 66.0 Å². The summed E-state index contributed by atoms with van der Waals surface area (Å²) in [5.74, 6) is 0.471. The van der Waals surface area contributed by atoms with Crippen LogP contribution in [-0.2, 0) is 6.42 Å². The topological polar surface area (TPSA) is 159 Å². The van der Waals surface area contributed by atoms with Crippen molar-refractivity contribution in [1.29, 1.82) is 0 Å². The number of rotatable bonds is 8. The minimum Gasteiger partial charge on any atom is -0.364 e. The van der Waals surface area contributed by atoms with Crippen molar-refractivity contribution in [1.82, 2.24) is 40.5 Å². The van der Waals surface area contributed by atoms with E-state index in [4.69, 9.17) is 10.7 Å². The number of nitrogens with two attached hydrogens (primary N) is 1. The third-order valence-corrected chi connectivity index (χ3v) is 11.4. The molecule has 48 heavy (non-hydrogen) atoms. The molecule has 0 radical (unpaired) electrons. The maximum atomic E-state index is 14.1. The third-order valence-electron chi connectivity index (χ3n) is 10.4. The molecule has 4 aromatic heterocycles. The molecule has 4 N–H and O–H groups in total. The van der Waals surface area contributed by atoms with Gasteiger partial charge in [-0.2, -0.15) is 5.21 Å². The smallest absolute Gasteiger partial charge is 0.283 e. The number of fused-ring (bicyclic) bond motifs is 2. The van der Waals surface area contributed by atoms with Crippen LogP contribution in [0, 0.1) is 17.2 Å². The summed E-state index contributed by atoms with van der Waals surface area (Å²) in [4.78, 5) is 39.1. The Kier molecular flexibility index (Phi) is 8.67. The summed E-state index contributed by atoms with van der Waals surface area (Å²) < 4.78 is 14.1. The SMILES string of the molecule is CC(C)(C)C1Cc2cc3nc(C(N)=O)sc3nc2C([C@@H](CCN2CCC(c3nn[nH]n3)CC2)c2ccc(-c3c[nH]c(=O)c(F)c3)cc2)C1. The Morgan fingerprint density at radius 3 is 2.56 bits per heavy atom. The van der Waals surface area contributed by atoms with Gasteiger partial charge in [0.15, 0.2) is 16.6 Å². The monoisotopic (exact) mass is 669 g/mol. The van der Waals surface area contributed by atoms with Crippen molar-refractivity contribution in [3.05, 3.63) is 86.4 Å². The van der Waals surface area contributed by atoms with Crippen LogP contribution in [0.2, 0.25) is 0 Å². The van der Waals surface area contributed by atoms with E-state index in [2.05, 4.69) is 74.5 Å². The largest absolute Gasteiger partial charge is 0.364 e. The van der Waals surface area contributed by atoms with Gasteiger partial charge in [0, 0.05) is 29.3 Å². The van der Waals surface area contributed by atoms with E-state index in [9.17, 15) is 14.0 Å². The van der Waals surface area contributed by atoms with E-state index in [1.807, 2.05) is 12.1 Å². The molecule has 3 atom stereocenters. The number of amides is 1. The molecule has 5 heterocycles. The average Bonchev–Trinajstić information content (AvgIpc) is 3.76. The first kappa shape index (κ1) is 32.2. The molecule has 11 nitrogen and oxygen atoms in total. The molecule has 250 valence electrons. The second-order valence-corrected chi connectivity index (χ2v) is 15.3. The Balaban J connectivity index is 1.24. The highest BCUT2D eigenvalue weighted by molar-refractivity contribution is 7.19. The standard InChI is InChI=1S/C35H40FN9O2S/c1-35(2,3)24-14-22-16-28-33(48-34(39-28)30(37)46)40-29(22)26(17-24)25(10-13-45-11-8-21(9-12-45)31-41-43-44-42-31)20-6-4-19(5-7-20)23-15-27(36)32(47)38-18-23/h4-7,15-16,18,21,24-26H,8-14,17H2,1-3H3,(H2,37,46)(H,38,47)(H,41,42,43,44)/t24?,25-,26?/m0/s1. The van der Waals surface area contributed by atoms with Crippen molar-refractivity contribution in [3.8, 4) is 11.1 Å². The van der Waals surface area contributed by atoms with Crippen LogP contribution in [0.5, 0.6) is 0 Å². The van der Waals surface area contributed by atoms with Crippen LogP contribution >= 0.6 is 11.3 Å². The van der Waals surface area contributed by atoms with Crippen molar-refractivity contribution >= 4 is 27.6 Å². The lowest BCUT2D eigenvalue weighted by molar-refractivity contribution is 0.1000. The Morgan fingerprint density at radius 1 is 1.12 bits per heavy atom. The molecule has 1 amide bonds. The number of nitrogens with one attached hydrogen (secondary N) is 2. The fraction of sp³-hybridized carbons (Fsp3) is 0.457. The third kappa shape index (κ3) is 6.53. The Labute approximate surface area is 281 Å². The molecule has 0 bridgehead atoms. The van der Waals surface area contributed by atoms with E-state index >= 15 is 0 Å². The molecule has 7 rings (SSSR count). The molecule has 1 fully saturated rings. The number of thiazole rings is 1. The number of tetrazole rings is 1. The number of halogens is 1. The summed E-state index contributed by atoms with van der Waals surface area (Å²) in [5.41, 5.74) is 10.6. The minimum absolute atomic E-state index is 0.0745. The average molecular weight is 670 g/mol. The summed E-state index contributed by atoms with van der Waals surface area (Å²) in [6, 6.07) is 11.7. The van der Waals surface area contributed by atoms with Crippen LogP contribution in [0.1, 0.15) is 96.7 Å². The maximum absolute atomic E-state index is 14.1. The van der Waals surface area contributed by atoms with Gasteiger partial charge in [-0.15, -0.1) is 10.2 Å². The van der Waals surface area contributed by atoms with Crippen LogP contribution in [0.4, 0.5) is 4.39 Å². The van der Waals surface area contributed by atoms with Gasteiger partial charge in [0.25, 0.3) is 11.5 Å². The van der Waals surface area contributed by atoms with Gasteiger partial charge in [-0.05, 0) is 97.8 Å². The fourth-order valence-electron chi connectivity index (χ4n) is 7.51. The molecule has 0 saturated carbocycles. The number of carbonyl (C=O) groups excluding carboxylic acids is 1. The van der Waals surface area contributed by atoms with Gasteiger partial charge >= 0.3 is 0 Å². The maximum Gasteiger partial charge on any atom is 0.283 e. The van der Waals surface area contributed by atoms with Crippen molar-refractivity contribution in [2.45, 2.75) is 70.6 Å². The summed E-state index contributed by atoms with van der Waals surface area (Å²) in [7, 11) is 0. The molecule has 0 spiro atoms. The van der Waals surface area contributed by atoms with E-state index in [-0.39, 0.29) is 22.3 Å². The first-order chi connectivity index (χ1) is 23.0. The first-order valence-electron chi connectivity index (χ1n) is 16.6. The number of piperidine rings is 1. The molecular weight excluding hydrogens is 630 g/mol. The normalized spacial score (nSPS) is 19.8. The van der Waals surface area contributed by atoms with Gasteiger partial charge in [-0.1, -0.05) is 61.6 Å². The number of aromatic amines is 2. The number of hydrogen-bond donors (Lipinski definition) is 3. The molecule has 1 aliphatic carbocycles. The Morgan fingerprint density at radius 2 is 1.90 bits per heavy atom. The number of pyridine rings is 2. The summed E-state index contributed by atoms with van der Waals surface area (Å²) >= 11 is 1.25. The molecule has 5 aromatic rings. The van der Waals surface area contributed by atoms with E-state index in [0.29, 0.717) is 17.4 Å². The van der Waals surface area contributed by atoms with E-state index in [1.54, 1.807) is 6.20 Å². The van der Waals surface area contributed by atoms with Gasteiger partial charge < -0.3 is 15.6 Å². The number of primary amides is 1. The highest BCUT2D eigenvalue weighted by Crippen LogP contribution is 2.50. The van der Waals surface area contributed by atoms with E-state index in [0.717, 1.165) is 79.2 Å². The number of benzene rings is 1. The number of H-pyrrole nitrogens is 2. The van der Waals surface area contributed by atoms with Crippen LogP contribution in [0.25, 0.3) is 21.5 Å². The van der Waals surface area contributed by atoms with Crippen LogP contribution in [0.15, 0.2) is 47.4 Å². The van der Waals surface area contributed by atoms with Gasteiger partial charge in [0.1, 0.15) is 10.3 Å². The highest BCUT2D eigenvalue weighted by Gasteiger charge is 2.39. The number of nitrogens with zero attached hydrogens (tertiary/aromatic N) is 6. The lowest BCUT2D eigenvalue weighted by atomic mass is 9.64. The van der Waals surface area contributed by atoms with Gasteiger partial charge in [0.05, 0.1) is 0 Å². The van der Waals surface area contributed by atoms with Crippen molar-refractivity contribution in [3.63, 3.8) is 0 Å². The second kappa shape index (κ2) is 12.9. The van der Waals surface area contributed by atoms with Crippen LogP contribution in [0.3, 0.4) is 0 Å². The van der Waals surface area contributed by atoms with Crippen molar-refractivity contribution in [2.24, 2.45) is 17.1 Å². The fourth-order valence-corrected chi connectivity index (χ4v) is 8.29. The molecule has 1 aromatic carbocycles. The number of carbonyl (C=O) groups is 1. The molecule has 2 unspecified atom stereocenters. The van der Waals surface area contributed by atoms with Gasteiger partial charge in [0.2, 0.25) is 0 Å². The molecular formula is C35H40FN9O2S. The summed E-state index contributed by atoms with van der Waals surface area (Å²) in [5, 5.41) is 15.0. The number of likely N-dealkylation sites (tertiary alicyclic amines) is 1. The number of aromatic nitrogens is 7. The number of hydrogen-bond acceptors (Lipinski definition) is 9. The molecule has 1 aliphatic heterocycles. The van der Waals surface area contributed by atoms with E-state index in [1.165, 1.54) is 28.5 Å². The first-order valence-corrected chi connectivity index (χ1v) is 17.4. The van der Waals surface area contributed by atoms with E-state index < -0.39 is 17.3 Å². The van der Waals surface area contributed by atoms with Crippen molar-refractivity contribution < 1.29 is 9.18 Å². The van der Waals surface area contributed by atoms with Gasteiger partial charge in [-0.25, -0.2) is 14.4 Å². The predicted molar refractivity (Wildman–Crippen MR) is 182 cm³/mol. The van der Waals surface area contributed by atoms with Gasteiger partial charge in [-0.3, -0.25) is 9.59 Å². The highest BCUT2D eigenvalue weighted by atomic mass is 32.1. The Hall–Kier alpha value is -4.36. The molecule has 13 heteroatoms. The predicted octanol–water partition coefficient (Wildman–Crippen LogP) is 5.54. The lowest BCUT2D eigenvalue weighted by Gasteiger charge is -2.42. The lowest BCUT2D eigenvalue weighted by Crippen LogP contribution is -2.36. The zero-order valence-electron chi connectivity index (χ0n) is 27.4.